The second-order valence-corrected chi connectivity index (χ2v) is 9.66. The van der Waals surface area contributed by atoms with Crippen molar-refractivity contribution in [2.45, 2.75) is 64.0 Å². The quantitative estimate of drug-likeness (QED) is 0.518. The number of halogens is 3. The van der Waals surface area contributed by atoms with Crippen LogP contribution in [0, 0.1) is 6.92 Å². The van der Waals surface area contributed by atoms with E-state index in [9.17, 15) is 18.3 Å². The van der Waals surface area contributed by atoms with Crippen molar-refractivity contribution in [3.8, 4) is 17.3 Å². The van der Waals surface area contributed by atoms with E-state index >= 15 is 0 Å². The lowest BCUT2D eigenvalue weighted by molar-refractivity contribution is -0.0592. The van der Waals surface area contributed by atoms with Crippen molar-refractivity contribution < 1.29 is 27.4 Å². The lowest BCUT2D eigenvalue weighted by Crippen LogP contribution is -2.52. The highest BCUT2D eigenvalue weighted by atomic mass is 19.3. The van der Waals surface area contributed by atoms with Gasteiger partial charge in [0.15, 0.2) is 0 Å². The van der Waals surface area contributed by atoms with Crippen molar-refractivity contribution in [1.82, 2.24) is 15.2 Å². The van der Waals surface area contributed by atoms with Gasteiger partial charge >= 0.3 is 6.01 Å². The van der Waals surface area contributed by atoms with Gasteiger partial charge in [-0.05, 0) is 54.5 Å². The van der Waals surface area contributed by atoms with Gasteiger partial charge in [-0.2, -0.15) is 0 Å². The lowest BCUT2D eigenvalue weighted by atomic mass is 9.77. The van der Waals surface area contributed by atoms with Gasteiger partial charge < -0.3 is 19.6 Å². The molecular formula is C23H27F3N4O3. The van der Waals surface area contributed by atoms with Crippen LogP contribution in [0.3, 0.4) is 0 Å². The van der Waals surface area contributed by atoms with Crippen LogP contribution in [-0.2, 0) is 5.41 Å². The van der Waals surface area contributed by atoms with E-state index in [-0.39, 0.29) is 36.2 Å². The van der Waals surface area contributed by atoms with Gasteiger partial charge in [-0.3, -0.25) is 0 Å². The van der Waals surface area contributed by atoms with Gasteiger partial charge in [0.05, 0.1) is 11.1 Å². The third-order valence-corrected chi connectivity index (χ3v) is 5.75. The summed E-state index contributed by atoms with van der Waals surface area (Å²) in [6.45, 7) is 6.45. The average molecular weight is 464 g/mol. The SMILES string of the molecule is Cc1cc(-c2nnc(N[C@H]3C[C@](O)(CF)C3)o2)nc2c(C(C)(C)C)cc(OCC(F)F)cc12. The minimum absolute atomic E-state index is 0.149. The molecule has 1 aromatic carbocycles. The zero-order chi connectivity index (χ0) is 24.0. The molecule has 1 fully saturated rings. The Bertz CT molecular complexity index is 1150. The fourth-order valence-electron chi connectivity index (χ4n) is 4.02. The third-order valence-electron chi connectivity index (χ3n) is 5.75. The van der Waals surface area contributed by atoms with Gasteiger partial charge in [0.2, 0.25) is 0 Å². The number of aryl methyl sites for hydroxylation is 1. The zero-order valence-electron chi connectivity index (χ0n) is 19.0. The number of alkyl halides is 3. The Morgan fingerprint density at radius 3 is 2.61 bits per heavy atom. The van der Waals surface area contributed by atoms with E-state index in [1.54, 1.807) is 18.2 Å². The summed E-state index contributed by atoms with van der Waals surface area (Å²) in [5.74, 6) is 0.573. The number of nitrogens with zero attached hydrogens (tertiary/aromatic N) is 3. The second-order valence-electron chi connectivity index (χ2n) is 9.66. The van der Waals surface area contributed by atoms with Gasteiger partial charge in [0.25, 0.3) is 12.3 Å². The van der Waals surface area contributed by atoms with E-state index in [4.69, 9.17) is 14.1 Å². The summed E-state index contributed by atoms with van der Waals surface area (Å²) in [6.07, 6.45) is -2.04. The fourth-order valence-corrected chi connectivity index (χ4v) is 4.02. The summed E-state index contributed by atoms with van der Waals surface area (Å²) in [7, 11) is 0. The molecule has 0 radical (unpaired) electrons. The Labute approximate surface area is 189 Å². The van der Waals surface area contributed by atoms with Crippen LogP contribution in [-0.4, -0.2) is 51.6 Å². The molecule has 4 rings (SSSR count). The van der Waals surface area contributed by atoms with Crippen LogP contribution >= 0.6 is 0 Å². The highest BCUT2D eigenvalue weighted by Crippen LogP contribution is 2.37. The molecule has 0 saturated heterocycles. The zero-order valence-corrected chi connectivity index (χ0v) is 19.0. The molecule has 2 aromatic heterocycles. The Morgan fingerprint density at radius 1 is 1.24 bits per heavy atom. The van der Waals surface area contributed by atoms with Crippen LogP contribution in [0.2, 0.25) is 0 Å². The Balaban J connectivity index is 1.66. The van der Waals surface area contributed by atoms with Crippen molar-refractivity contribution in [2.24, 2.45) is 0 Å². The van der Waals surface area contributed by atoms with Crippen molar-refractivity contribution in [1.29, 1.82) is 0 Å². The minimum Gasteiger partial charge on any atom is -0.488 e. The molecule has 0 spiro atoms. The maximum Gasteiger partial charge on any atom is 0.316 e. The normalized spacial score (nSPS) is 20.8. The largest absolute Gasteiger partial charge is 0.488 e. The minimum atomic E-state index is -2.56. The standard InChI is InChI=1S/C23H27F3N4O3/c1-12-5-17(20-29-30-21(33-20)27-13-8-23(31,9-13)11-24)28-19-15(12)6-14(32-10-18(25)26)7-16(19)22(2,3)4/h5-7,13,18,31H,8-11H2,1-4H3,(H,27,30)/t13-,23+. The molecule has 0 amide bonds. The van der Waals surface area contributed by atoms with Crippen molar-refractivity contribution >= 4 is 16.9 Å². The van der Waals surface area contributed by atoms with Gasteiger partial charge in [-0.1, -0.05) is 25.9 Å². The van der Waals surface area contributed by atoms with Gasteiger partial charge in [0, 0.05) is 11.4 Å². The first-order valence-corrected chi connectivity index (χ1v) is 10.7. The predicted molar refractivity (Wildman–Crippen MR) is 118 cm³/mol. The van der Waals surface area contributed by atoms with Crippen LogP contribution in [0.15, 0.2) is 22.6 Å². The summed E-state index contributed by atoms with van der Waals surface area (Å²) < 4.78 is 49.1. The van der Waals surface area contributed by atoms with Crippen LogP contribution < -0.4 is 10.1 Å². The van der Waals surface area contributed by atoms with E-state index < -0.39 is 25.3 Å². The fraction of sp³-hybridized carbons (Fsp3) is 0.522. The average Bonchev–Trinajstić information content (AvgIpc) is 3.18. The van der Waals surface area contributed by atoms with E-state index in [0.717, 1.165) is 16.5 Å². The molecule has 178 valence electrons. The Hall–Kier alpha value is -2.88. The van der Waals surface area contributed by atoms with E-state index in [1.807, 2.05) is 27.7 Å². The number of ether oxygens (including phenoxy) is 1. The predicted octanol–water partition coefficient (Wildman–Crippen LogP) is 4.81. The summed E-state index contributed by atoms with van der Waals surface area (Å²) in [5, 5.41) is 21.7. The smallest absolute Gasteiger partial charge is 0.316 e. The van der Waals surface area contributed by atoms with E-state index in [0.29, 0.717) is 17.0 Å². The number of nitrogens with one attached hydrogen (secondary N) is 1. The first-order valence-electron chi connectivity index (χ1n) is 10.7. The molecule has 0 atom stereocenters. The van der Waals surface area contributed by atoms with Crippen LogP contribution in [0.25, 0.3) is 22.5 Å². The number of rotatable bonds is 7. The third kappa shape index (κ3) is 4.90. The number of anilines is 1. The number of hydrogen-bond acceptors (Lipinski definition) is 7. The maximum absolute atomic E-state index is 12.8. The molecule has 2 N–H and O–H groups in total. The molecule has 1 aliphatic rings. The van der Waals surface area contributed by atoms with Crippen molar-refractivity contribution in [2.75, 3.05) is 18.6 Å². The highest BCUT2D eigenvalue weighted by Gasteiger charge is 2.43. The first-order chi connectivity index (χ1) is 15.5. The summed E-state index contributed by atoms with van der Waals surface area (Å²) in [5.41, 5.74) is 1.25. The van der Waals surface area contributed by atoms with Gasteiger partial charge in [0.1, 0.15) is 24.7 Å². The first kappa shape index (κ1) is 23.3. The van der Waals surface area contributed by atoms with Gasteiger partial charge in [-0.25, -0.2) is 18.2 Å². The summed E-state index contributed by atoms with van der Waals surface area (Å²) >= 11 is 0. The van der Waals surface area contributed by atoms with Crippen LogP contribution in [0.1, 0.15) is 44.7 Å². The number of aromatic nitrogens is 3. The lowest BCUT2D eigenvalue weighted by Gasteiger charge is -2.41. The van der Waals surface area contributed by atoms with Crippen molar-refractivity contribution in [3.63, 3.8) is 0 Å². The number of pyridine rings is 1. The van der Waals surface area contributed by atoms with Crippen LogP contribution in [0.4, 0.5) is 19.2 Å². The second kappa shape index (κ2) is 8.48. The Morgan fingerprint density at radius 2 is 1.97 bits per heavy atom. The highest BCUT2D eigenvalue weighted by molar-refractivity contribution is 5.89. The molecule has 10 heteroatoms. The molecule has 0 bridgehead atoms. The molecule has 0 unspecified atom stereocenters. The molecule has 2 heterocycles. The number of hydrogen-bond donors (Lipinski definition) is 2. The monoisotopic (exact) mass is 464 g/mol. The number of benzene rings is 1. The molecule has 1 saturated carbocycles. The van der Waals surface area contributed by atoms with E-state index in [2.05, 4.69) is 15.5 Å². The Kier molecular flexibility index (Phi) is 5.98. The topological polar surface area (TPSA) is 93.3 Å². The molecule has 33 heavy (non-hydrogen) atoms. The van der Waals surface area contributed by atoms with Gasteiger partial charge in [-0.15, -0.1) is 5.10 Å². The number of fused-ring (bicyclic) bond motifs is 1. The van der Waals surface area contributed by atoms with Crippen molar-refractivity contribution in [3.05, 3.63) is 29.3 Å². The maximum atomic E-state index is 12.8. The molecule has 1 aliphatic carbocycles. The molecule has 3 aromatic rings. The summed E-state index contributed by atoms with van der Waals surface area (Å²) in [6, 6.07) is 5.26. The number of aliphatic hydroxyl groups is 1. The van der Waals surface area contributed by atoms with E-state index in [1.165, 1.54) is 0 Å². The molecular weight excluding hydrogens is 437 g/mol. The molecule has 7 nitrogen and oxygen atoms in total. The van der Waals surface area contributed by atoms with Crippen LogP contribution in [0.5, 0.6) is 5.75 Å². The molecule has 0 aliphatic heterocycles. The summed E-state index contributed by atoms with van der Waals surface area (Å²) in [4.78, 5) is 4.75.